The highest BCUT2D eigenvalue weighted by Crippen LogP contribution is 2.33. The molecule has 0 aliphatic carbocycles. The maximum Gasteiger partial charge on any atom is 0.325 e. The van der Waals surface area contributed by atoms with E-state index in [9.17, 15) is 14.4 Å². The van der Waals surface area contributed by atoms with Crippen LogP contribution in [0, 0.1) is 0 Å². The third-order valence-corrected chi connectivity index (χ3v) is 6.23. The monoisotopic (exact) mass is 482 g/mol. The summed E-state index contributed by atoms with van der Waals surface area (Å²) < 4.78 is 10.6. The second-order valence-corrected chi connectivity index (χ2v) is 8.69. The highest BCUT2D eigenvalue weighted by molar-refractivity contribution is 6.31. The molecule has 1 fully saturated rings. The second kappa shape index (κ2) is 9.26. The van der Waals surface area contributed by atoms with Crippen LogP contribution in [-0.4, -0.2) is 47.1 Å². The molecule has 10 heteroatoms. The minimum absolute atomic E-state index is 0.124. The Morgan fingerprint density at radius 2 is 2.00 bits per heavy atom. The van der Waals surface area contributed by atoms with Gasteiger partial charge in [0, 0.05) is 35.1 Å². The van der Waals surface area contributed by atoms with E-state index < -0.39 is 12.1 Å². The molecule has 0 unspecified atom stereocenters. The van der Waals surface area contributed by atoms with Gasteiger partial charge in [0.25, 0.3) is 5.91 Å². The van der Waals surface area contributed by atoms with Gasteiger partial charge in [0.05, 0.1) is 6.54 Å². The number of amides is 4. The molecule has 4 amide bonds. The number of nitrogens with one attached hydrogen (secondary N) is 3. The van der Waals surface area contributed by atoms with Crippen molar-refractivity contribution in [2.45, 2.75) is 31.8 Å². The molecule has 0 saturated carbocycles. The van der Waals surface area contributed by atoms with Crippen LogP contribution in [0.5, 0.6) is 11.5 Å². The molecule has 5 rings (SSSR count). The minimum Gasteiger partial charge on any atom is -0.454 e. The molecule has 1 saturated heterocycles. The number of ether oxygens (including phenoxy) is 2. The van der Waals surface area contributed by atoms with Crippen LogP contribution in [0.2, 0.25) is 5.02 Å². The molecular weight excluding hydrogens is 460 g/mol. The van der Waals surface area contributed by atoms with Crippen LogP contribution in [0.4, 0.5) is 4.79 Å². The van der Waals surface area contributed by atoms with E-state index in [0.717, 1.165) is 26.9 Å². The van der Waals surface area contributed by atoms with Crippen LogP contribution in [0.25, 0.3) is 10.9 Å². The fraction of sp³-hybridized carbons (Fsp3) is 0.292. The summed E-state index contributed by atoms with van der Waals surface area (Å²) in [4.78, 5) is 41.7. The average Bonchev–Trinajstić information content (AvgIpc) is 3.52. The number of carbonyl (C=O) groups excluding carboxylic acids is 3. The van der Waals surface area contributed by atoms with Crippen molar-refractivity contribution in [3.8, 4) is 11.5 Å². The lowest BCUT2D eigenvalue weighted by atomic mass is 10.1. The predicted molar refractivity (Wildman–Crippen MR) is 125 cm³/mol. The van der Waals surface area contributed by atoms with Crippen LogP contribution in [0.1, 0.15) is 24.0 Å². The lowest BCUT2D eigenvalue weighted by molar-refractivity contribution is -0.128. The van der Waals surface area contributed by atoms with Crippen LogP contribution < -0.4 is 20.1 Å². The van der Waals surface area contributed by atoms with Gasteiger partial charge in [-0.05, 0) is 54.3 Å². The van der Waals surface area contributed by atoms with Gasteiger partial charge in [0.15, 0.2) is 11.5 Å². The van der Waals surface area contributed by atoms with Gasteiger partial charge in [0.2, 0.25) is 12.7 Å². The van der Waals surface area contributed by atoms with E-state index in [1.54, 1.807) is 18.2 Å². The maximum atomic E-state index is 12.7. The number of imide groups is 1. The predicted octanol–water partition coefficient (Wildman–Crippen LogP) is 3.11. The largest absolute Gasteiger partial charge is 0.454 e. The molecule has 3 heterocycles. The Kier molecular flexibility index (Phi) is 6.02. The summed E-state index contributed by atoms with van der Waals surface area (Å²) in [6, 6.07) is 9.75. The zero-order valence-corrected chi connectivity index (χ0v) is 19.0. The number of urea groups is 1. The first-order valence-electron chi connectivity index (χ1n) is 11.0. The smallest absolute Gasteiger partial charge is 0.325 e. The minimum atomic E-state index is -0.719. The summed E-state index contributed by atoms with van der Waals surface area (Å²) in [7, 11) is 0. The molecule has 3 N–H and O–H groups in total. The summed E-state index contributed by atoms with van der Waals surface area (Å²) >= 11 is 6.08. The van der Waals surface area contributed by atoms with Crippen LogP contribution in [0.3, 0.4) is 0 Å². The summed E-state index contributed by atoms with van der Waals surface area (Å²) in [5.41, 5.74) is 2.81. The highest BCUT2D eigenvalue weighted by Gasteiger charge is 2.38. The Bertz CT molecular complexity index is 1270. The number of H-pyrrole nitrogens is 1. The van der Waals surface area contributed by atoms with Gasteiger partial charge < -0.3 is 25.1 Å². The number of carbonyl (C=O) groups is 3. The van der Waals surface area contributed by atoms with E-state index in [0.29, 0.717) is 29.5 Å². The lowest BCUT2D eigenvalue weighted by Gasteiger charge is -2.13. The first kappa shape index (κ1) is 22.1. The van der Waals surface area contributed by atoms with Crippen molar-refractivity contribution in [1.29, 1.82) is 0 Å². The van der Waals surface area contributed by atoms with Crippen molar-refractivity contribution in [2.24, 2.45) is 0 Å². The van der Waals surface area contributed by atoms with Gasteiger partial charge in [-0.2, -0.15) is 0 Å². The average molecular weight is 483 g/mol. The molecule has 3 aromatic rings. The highest BCUT2D eigenvalue weighted by atomic mass is 35.5. The summed E-state index contributed by atoms with van der Waals surface area (Å²) in [6.45, 7) is 0.736. The fourth-order valence-corrected chi connectivity index (χ4v) is 4.37. The first-order chi connectivity index (χ1) is 16.5. The number of hydrogen-bond donors (Lipinski definition) is 3. The third-order valence-electron chi connectivity index (χ3n) is 5.99. The van der Waals surface area contributed by atoms with Gasteiger partial charge in [-0.3, -0.25) is 14.5 Å². The topological polar surface area (TPSA) is 113 Å². The van der Waals surface area contributed by atoms with Gasteiger partial charge >= 0.3 is 6.03 Å². The van der Waals surface area contributed by atoms with Crippen LogP contribution in [-0.2, 0) is 22.6 Å². The van der Waals surface area contributed by atoms with Gasteiger partial charge in [-0.25, -0.2) is 4.79 Å². The Morgan fingerprint density at radius 3 is 2.88 bits per heavy atom. The molecule has 34 heavy (non-hydrogen) atoms. The van der Waals surface area contributed by atoms with E-state index in [1.807, 2.05) is 24.4 Å². The van der Waals surface area contributed by atoms with Crippen molar-refractivity contribution in [3.63, 3.8) is 0 Å². The number of benzene rings is 2. The summed E-state index contributed by atoms with van der Waals surface area (Å²) in [5.74, 6) is 0.715. The van der Waals surface area contributed by atoms with Gasteiger partial charge in [-0.1, -0.05) is 17.7 Å². The SMILES string of the molecule is O=C(CC[C@H]1NC(=O)N(Cc2ccc3c(c2)OCO3)C1=O)NCCc1c[nH]c2ccc(Cl)cc12. The summed E-state index contributed by atoms with van der Waals surface area (Å²) in [5, 5.41) is 7.24. The van der Waals surface area contributed by atoms with E-state index in [2.05, 4.69) is 15.6 Å². The lowest BCUT2D eigenvalue weighted by Crippen LogP contribution is -2.33. The molecule has 9 nitrogen and oxygen atoms in total. The molecule has 2 aromatic carbocycles. The van der Waals surface area contributed by atoms with Gasteiger partial charge in [0.1, 0.15) is 6.04 Å². The maximum absolute atomic E-state index is 12.7. The molecule has 0 radical (unpaired) electrons. The standard InChI is InChI=1S/C24H23ClN4O5/c25-16-2-3-18-17(10-16)15(11-27-18)7-8-26-22(30)6-4-19-23(31)29(24(32)28-19)12-14-1-5-20-21(9-14)34-13-33-20/h1-3,5,9-11,19,27H,4,6-8,12-13H2,(H,26,30)(H,28,32)/t19-/m1/s1. The third kappa shape index (κ3) is 4.51. The number of aromatic nitrogens is 1. The Balaban J connectivity index is 1.09. The quantitative estimate of drug-likeness (QED) is 0.427. The van der Waals surface area contributed by atoms with Crippen molar-refractivity contribution in [1.82, 2.24) is 20.5 Å². The van der Waals surface area contributed by atoms with E-state index in [4.69, 9.17) is 21.1 Å². The zero-order chi connectivity index (χ0) is 23.7. The number of hydrogen-bond acceptors (Lipinski definition) is 5. The molecule has 2 aliphatic heterocycles. The second-order valence-electron chi connectivity index (χ2n) is 8.26. The molecule has 176 valence electrons. The van der Waals surface area contributed by atoms with Gasteiger partial charge in [-0.15, -0.1) is 0 Å². The number of halogens is 1. The van der Waals surface area contributed by atoms with Crippen molar-refractivity contribution >= 4 is 40.3 Å². The van der Waals surface area contributed by atoms with E-state index in [1.165, 1.54) is 0 Å². The molecular formula is C24H23ClN4O5. The number of nitrogens with zero attached hydrogens (tertiary/aromatic N) is 1. The number of fused-ring (bicyclic) bond motifs is 2. The van der Waals surface area contributed by atoms with Crippen LogP contribution in [0.15, 0.2) is 42.6 Å². The van der Waals surface area contributed by atoms with Crippen molar-refractivity contribution in [2.75, 3.05) is 13.3 Å². The number of aromatic amines is 1. The molecule has 2 aliphatic rings. The molecule has 1 atom stereocenters. The van der Waals surface area contributed by atoms with Crippen molar-refractivity contribution < 1.29 is 23.9 Å². The normalized spacial score (nSPS) is 16.9. The molecule has 0 spiro atoms. The fourth-order valence-electron chi connectivity index (χ4n) is 4.20. The Labute approximate surface area is 200 Å². The molecule has 0 bridgehead atoms. The summed E-state index contributed by atoms with van der Waals surface area (Å²) in [6.07, 6.45) is 2.92. The number of rotatable bonds is 8. The Morgan fingerprint density at radius 1 is 1.15 bits per heavy atom. The molecule has 1 aromatic heterocycles. The zero-order valence-electron chi connectivity index (χ0n) is 18.2. The van der Waals surface area contributed by atoms with Crippen LogP contribution >= 0.6 is 11.6 Å². The van der Waals surface area contributed by atoms with E-state index >= 15 is 0 Å². The first-order valence-corrected chi connectivity index (χ1v) is 11.4. The van der Waals surface area contributed by atoms with E-state index in [-0.39, 0.29) is 38.0 Å². The van der Waals surface area contributed by atoms with Crippen molar-refractivity contribution in [3.05, 3.63) is 58.7 Å². The Hall–Kier alpha value is -3.72.